The van der Waals surface area contributed by atoms with Crippen LogP contribution in [-0.4, -0.2) is 22.5 Å². The summed E-state index contributed by atoms with van der Waals surface area (Å²) in [6, 6.07) is 27.5. The first kappa shape index (κ1) is 28.2. The van der Waals surface area contributed by atoms with E-state index in [1.165, 1.54) is 10.9 Å². The second-order valence-corrected chi connectivity index (χ2v) is 10.5. The van der Waals surface area contributed by atoms with Gasteiger partial charge in [-0.2, -0.15) is 15.0 Å². The Labute approximate surface area is 259 Å². The minimum atomic E-state index is -0.360. The van der Waals surface area contributed by atoms with Crippen molar-refractivity contribution < 1.29 is 13.9 Å². The number of furan rings is 1. The monoisotopic (exact) mass is 652 g/mol. The first-order valence-corrected chi connectivity index (χ1v) is 14.5. The molecule has 0 unspecified atom stereocenters. The Morgan fingerprint density at radius 1 is 1.07 bits per heavy atom. The van der Waals surface area contributed by atoms with Crippen molar-refractivity contribution in [2.45, 2.75) is 13.5 Å². The minimum absolute atomic E-state index is 0.114. The Morgan fingerprint density at radius 3 is 2.65 bits per heavy atom. The Hall–Kier alpha value is -4.91. The van der Waals surface area contributed by atoms with Gasteiger partial charge in [-0.15, -0.1) is 0 Å². The van der Waals surface area contributed by atoms with Gasteiger partial charge in [-0.25, -0.2) is 4.98 Å². The highest BCUT2D eigenvalue weighted by Gasteiger charge is 2.20. The average Bonchev–Trinajstić information content (AvgIpc) is 3.47. The van der Waals surface area contributed by atoms with Crippen LogP contribution in [0.2, 0.25) is 5.02 Å². The highest BCUT2D eigenvalue weighted by molar-refractivity contribution is 9.10. The molecule has 0 saturated carbocycles. The van der Waals surface area contributed by atoms with Gasteiger partial charge in [-0.05, 0) is 59.3 Å². The number of rotatable bonds is 8. The third-order valence-electron chi connectivity index (χ3n) is 6.68. The Kier molecular flexibility index (Phi) is 7.97. The van der Waals surface area contributed by atoms with Crippen LogP contribution < -0.4 is 15.0 Å². The highest BCUT2D eigenvalue weighted by atomic mass is 79.9. The lowest BCUT2D eigenvalue weighted by atomic mass is 10.1. The van der Waals surface area contributed by atoms with E-state index in [1.54, 1.807) is 36.4 Å². The molecule has 6 aromatic rings. The molecule has 0 bridgehead atoms. The van der Waals surface area contributed by atoms with Crippen molar-refractivity contribution in [2.24, 2.45) is 5.10 Å². The molecule has 0 atom stereocenters. The zero-order valence-electron chi connectivity index (χ0n) is 22.8. The zero-order valence-corrected chi connectivity index (χ0v) is 25.1. The summed E-state index contributed by atoms with van der Waals surface area (Å²) in [5.41, 5.74) is 2.59. The maximum Gasteiger partial charge on any atom is 0.282 e. The van der Waals surface area contributed by atoms with E-state index in [2.05, 4.69) is 27.1 Å². The lowest BCUT2D eigenvalue weighted by molar-refractivity contribution is 0.269. The number of hydrogen-bond donors (Lipinski definition) is 0. The summed E-state index contributed by atoms with van der Waals surface area (Å²) < 4.78 is 19.7. The number of aromatic nitrogens is 2. The van der Waals surface area contributed by atoms with Gasteiger partial charge < -0.3 is 13.9 Å². The number of nitrogens with zero attached hydrogens (tertiary/aromatic N) is 4. The van der Waals surface area contributed by atoms with E-state index in [1.807, 2.05) is 55.5 Å². The fourth-order valence-corrected chi connectivity index (χ4v) is 5.26. The van der Waals surface area contributed by atoms with Gasteiger partial charge in [0.25, 0.3) is 5.56 Å². The molecule has 4 aromatic carbocycles. The topological polar surface area (TPSA) is 103 Å². The SMILES string of the molecule is CCOc1cc(C=Nn2c(-c3cc4ccccc4o3)nc3ccccc3c2=O)c(Br)c(Cl)c1OCc1ccccc1C#N. The van der Waals surface area contributed by atoms with Crippen molar-refractivity contribution in [3.8, 4) is 29.2 Å². The van der Waals surface area contributed by atoms with Crippen molar-refractivity contribution in [1.82, 2.24) is 9.66 Å². The van der Waals surface area contributed by atoms with Gasteiger partial charge >= 0.3 is 0 Å². The highest BCUT2D eigenvalue weighted by Crippen LogP contribution is 2.43. The molecule has 0 saturated heterocycles. The van der Waals surface area contributed by atoms with Crippen LogP contribution in [0.15, 0.2) is 104 Å². The van der Waals surface area contributed by atoms with Crippen LogP contribution in [0.25, 0.3) is 33.5 Å². The molecule has 0 radical (unpaired) electrons. The van der Waals surface area contributed by atoms with E-state index >= 15 is 0 Å². The van der Waals surface area contributed by atoms with Crippen LogP contribution in [0.3, 0.4) is 0 Å². The van der Waals surface area contributed by atoms with Gasteiger partial charge in [-0.3, -0.25) is 4.79 Å². The summed E-state index contributed by atoms with van der Waals surface area (Å²) >= 11 is 10.3. The van der Waals surface area contributed by atoms with Gasteiger partial charge in [0.15, 0.2) is 17.3 Å². The fourth-order valence-electron chi connectivity index (χ4n) is 4.60. The Morgan fingerprint density at radius 2 is 1.84 bits per heavy atom. The summed E-state index contributed by atoms with van der Waals surface area (Å²) in [5, 5.41) is 15.5. The molecule has 2 aromatic heterocycles. The molecule has 0 aliphatic heterocycles. The largest absolute Gasteiger partial charge is 0.490 e. The standard InChI is InChI=1S/C33H22BrClN4O4/c1-2-41-27-16-23(29(34)30(35)31(27)42-19-22-11-4-3-10-21(22)17-36)18-37-39-32(28-15-20-9-5-8-14-26(20)43-28)38-25-13-7-6-12-24(25)33(39)40/h3-16,18H,2,19H2,1H3. The molecule has 0 spiro atoms. The number of fused-ring (bicyclic) bond motifs is 2. The Bertz CT molecular complexity index is 2100. The molecular formula is C33H22BrClN4O4. The summed E-state index contributed by atoms with van der Waals surface area (Å²) in [7, 11) is 0. The fraction of sp³-hybridized carbons (Fsp3) is 0.0909. The van der Waals surface area contributed by atoms with E-state index < -0.39 is 0 Å². The number of ether oxygens (including phenoxy) is 2. The van der Waals surface area contributed by atoms with Gasteiger partial charge in [0, 0.05) is 21.0 Å². The number of nitriles is 1. The predicted octanol–water partition coefficient (Wildman–Crippen LogP) is 7.96. The van der Waals surface area contributed by atoms with Crippen LogP contribution in [0, 0.1) is 11.3 Å². The van der Waals surface area contributed by atoms with Crippen molar-refractivity contribution >= 4 is 55.6 Å². The predicted molar refractivity (Wildman–Crippen MR) is 170 cm³/mol. The van der Waals surface area contributed by atoms with Crippen molar-refractivity contribution in [1.29, 1.82) is 5.26 Å². The molecule has 0 aliphatic rings. The molecule has 10 heteroatoms. The molecule has 8 nitrogen and oxygen atoms in total. The second-order valence-electron chi connectivity index (χ2n) is 9.37. The molecule has 212 valence electrons. The van der Waals surface area contributed by atoms with E-state index in [-0.39, 0.29) is 23.0 Å². The first-order valence-electron chi connectivity index (χ1n) is 13.3. The average molecular weight is 654 g/mol. The summed E-state index contributed by atoms with van der Waals surface area (Å²) in [6.07, 6.45) is 1.50. The summed E-state index contributed by atoms with van der Waals surface area (Å²) in [5.74, 6) is 1.34. The van der Waals surface area contributed by atoms with Crippen LogP contribution in [0.5, 0.6) is 11.5 Å². The number of halogens is 2. The van der Waals surface area contributed by atoms with E-state index in [9.17, 15) is 10.1 Å². The van der Waals surface area contributed by atoms with Gasteiger partial charge in [0.05, 0.1) is 35.4 Å². The van der Waals surface area contributed by atoms with Crippen molar-refractivity contribution in [2.75, 3.05) is 6.61 Å². The quantitative estimate of drug-likeness (QED) is 0.155. The third-order valence-corrected chi connectivity index (χ3v) is 8.12. The molecule has 0 N–H and O–H groups in total. The van der Waals surface area contributed by atoms with Crippen LogP contribution in [0.1, 0.15) is 23.6 Å². The van der Waals surface area contributed by atoms with Gasteiger partial charge in [0.1, 0.15) is 17.2 Å². The first-order chi connectivity index (χ1) is 21.0. The molecular weight excluding hydrogens is 632 g/mol. The van der Waals surface area contributed by atoms with Gasteiger partial charge in [0.2, 0.25) is 5.82 Å². The van der Waals surface area contributed by atoms with Gasteiger partial charge in [-0.1, -0.05) is 60.1 Å². The summed E-state index contributed by atoms with van der Waals surface area (Å²) in [4.78, 5) is 18.4. The smallest absolute Gasteiger partial charge is 0.282 e. The lowest BCUT2D eigenvalue weighted by Gasteiger charge is -2.16. The molecule has 0 aliphatic carbocycles. The van der Waals surface area contributed by atoms with Crippen LogP contribution >= 0.6 is 27.5 Å². The van der Waals surface area contributed by atoms with E-state index in [0.29, 0.717) is 61.5 Å². The van der Waals surface area contributed by atoms with E-state index in [4.69, 9.17) is 30.5 Å². The summed E-state index contributed by atoms with van der Waals surface area (Å²) in [6.45, 7) is 2.31. The number of benzene rings is 4. The second kappa shape index (κ2) is 12.1. The maximum atomic E-state index is 13.7. The minimum Gasteiger partial charge on any atom is -0.490 e. The van der Waals surface area contributed by atoms with Crippen molar-refractivity contribution in [3.63, 3.8) is 0 Å². The normalized spacial score (nSPS) is 11.3. The number of para-hydroxylation sites is 2. The molecule has 0 amide bonds. The van der Waals surface area contributed by atoms with Crippen LogP contribution in [-0.2, 0) is 6.61 Å². The zero-order chi connectivity index (χ0) is 29.9. The molecule has 0 fully saturated rings. The lowest BCUT2D eigenvalue weighted by Crippen LogP contribution is -2.20. The van der Waals surface area contributed by atoms with Crippen LogP contribution in [0.4, 0.5) is 0 Å². The molecule has 43 heavy (non-hydrogen) atoms. The maximum absolute atomic E-state index is 13.7. The molecule has 6 rings (SSSR count). The number of hydrogen-bond acceptors (Lipinski definition) is 7. The van der Waals surface area contributed by atoms with E-state index in [0.717, 1.165) is 5.39 Å². The van der Waals surface area contributed by atoms with Crippen molar-refractivity contribution in [3.05, 3.63) is 121 Å². The third kappa shape index (κ3) is 5.50. The molecule has 2 heterocycles. The Balaban J connectivity index is 1.43.